The van der Waals surface area contributed by atoms with Crippen molar-refractivity contribution in [3.63, 3.8) is 0 Å². The Balaban J connectivity index is 2.16. The highest BCUT2D eigenvalue weighted by molar-refractivity contribution is 6.32. The van der Waals surface area contributed by atoms with E-state index >= 15 is 0 Å². The Morgan fingerprint density at radius 1 is 1.11 bits per heavy atom. The Bertz CT molecular complexity index is 546. The monoisotopic (exact) mass is 280 g/mol. The van der Waals surface area contributed by atoms with Crippen molar-refractivity contribution in [2.24, 2.45) is 0 Å². The third-order valence-corrected chi connectivity index (χ3v) is 2.63. The molecule has 0 amide bonds. The Hall–Kier alpha value is -1.85. The van der Waals surface area contributed by atoms with Crippen LogP contribution in [0.5, 0.6) is 17.2 Å². The van der Waals surface area contributed by atoms with Crippen LogP contribution in [0.25, 0.3) is 0 Å². The number of halogens is 1. The number of hydrogen-bond donors (Lipinski definition) is 0. The summed E-state index contributed by atoms with van der Waals surface area (Å²) in [5.41, 5.74) is 0. The van der Waals surface area contributed by atoms with Crippen molar-refractivity contribution >= 4 is 11.6 Å². The number of aromatic nitrogens is 2. The Morgan fingerprint density at radius 2 is 1.84 bits per heavy atom. The molecular weight excluding hydrogens is 268 g/mol. The van der Waals surface area contributed by atoms with E-state index in [1.54, 1.807) is 44.8 Å². The van der Waals surface area contributed by atoms with Crippen LogP contribution in [0.1, 0.15) is 5.82 Å². The van der Waals surface area contributed by atoms with Gasteiger partial charge in [0.2, 0.25) is 0 Å². The van der Waals surface area contributed by atoms with Gasteiger partial charge in [0.15, 0.2) is 11.6 Å². The van der Waals surface area contributed by atoms with E-state index in [-0.39, 0.29) is 0 Å². The van der Waals surface area contributed by atoms with Gasteiger partial charge in [-0.1, -0.05) is 11.6 Å². The normalized spacial score (nSPS) is 10.3. The molecular formula is C13H13ClN2O3. The minimum absolute atomic E-state index is 0.361. The van der Waals surface area contributed by atoms with Crippen LogP contribution in [-0.4, -0.2) is 24.2 Å². The highest BCUT2D eigenvalue weighted by Gasteiger charge is 2.06. The van der Waals surface area contributed by atoms with E-state index in [0.29, 0.717) is 34.7 Å². The molecule has 0 radical (unpaired) electrons. The predicted octanol–water partition coefficient (Wildman–Crippen LogP) is 3.08. The lowest BCUT2D eigenvalue weighted by molar-refractivity contribution is 0.177. The van der Waals surface area contributed by atoms with Crippen molar-refractivity contribution in [1.82, 2.24) is 9.97 Å². The molecule has 19 heavy (non-hydrogen) atoms. The average Bonchev–Trinajstić information content (AvgIpc) is 2.44. The molecule has 0 N–H and O–H groups in total. The number of methoxy groups -OCH3 is 2. The molecule has 0 atom stereocenters. The highest BCUT2D eigenvalue weighted by atomic mass is 35.5. The maximum Gasteiger partial charge on any atom is 0.164 e. The molecule has 1 aromatic heterocycles. The van der Waals surface area contributed by atoms with Crippen molar-refractivity contribution < 1.29 is 14.2 Å². The molecule has 0 aliphatic carbocycles. The third-order valence-electron chi connectivity index (χ3n) is 2.32. The van der Waals surface area contributed by atoms with Gasteiger partial charge in [0.05, 0.1) is 24.5 Å². The summed E-state index contributed by atoms with van der Waals surface area (Å²) in [4.78, 5) is 8.20. The number of hydrogen-bond acceptors (Lipinski definition) is 5. The number of ether oxygens (including phenoxy) is 3. The summed E-state index contributed by atoms with van der Waals surface area (Å²) in [6.45, 7) is 0.361. The first-order chi connectivity index (χ1) is 9.22. The van der Waals surface area contributed by atoms with Crippen molar-refractivity contribution in [1.29, 1.82) is 0 Å². The van der Waals surface area contributed by atoms with Gasteiger partial charge in [0, 0.05) is 13.2 Å². The summed E-state index contributed by atoms with van der Waals surface area (Å²) >= 11 is 6.04. The maximum atomic E-state index is 6.04. The van der Waals surface area contributed by atoms with E-state index in [0.717, 1.165) is 0 Å². The fraction of sp³-hybridized carbons (Fsp3) is 0.231. The van der Waals surface area contributed by atoms with E-state index in [1.807, 2.05) is 0 Å². The van der Waals surface area contributed by atoms with Gasteiger partial charge in [-0.15, -0.1) is 0 Å². The van der Waals surface area contributed by atoms with Crippen LogP contribution in [0.2, 0.25) is 5.02 Å². The first-order valence-electron chi connectivity index (χ1n) is 5.54. The van der Waals surface area contributed by atoms with E-state index in [4.69, 9.17) is 25.8 Å². The molecule has 0 bridgehead atoms. The fourth-order valence-electron chi connectivity index (χ4n) is 1.42. The lowest BCUT2D eigenvalue weighted by Gasteiger charge is -2.09. The Kier molecular flexibility index (Phi) is 4.54. The summed E-state index contributed by atoms with van der Waals surface area (Å²) in [6, 6.07) is 5.16. The van der Waals surface area contributed by atoms with Gasteiger partial charge in [-0.05, 0) is 12.1 Å². The molecule has 6 heteroatoms. The van der Waals surface area contributed by atoms with Crippen LogP contribution >= 0.6 is 11.6 Å². The van der Waals surface area contributed by atoms with Gasteiger partial charge < -0.3 is 14.2 Å². The van der Waals surface area contributed by atoms with Crippen LogP contribution in [-0.2, 0) is 11.3 Å². The Labute approximate surface area is 116 Å². The molecule has 0 fully saturated rings. The molecule has 0 aliphatic heterocycles. The van der Waals surface area contributed by atoms with Crippen molar-refractivity contribution in [2.45, 2.75) is 6.61 Å². The van der Waals surface area contributed by atoms with Gasteiger partial charge in [0.25, 0.3) is 0 Å². The summed E-state index contributed by atoms with van der Waals surface area (Å²) in [5, 5.41) is 0.488. The molecule has 0 saturated carbocycles. The first-order valence-corrected chi connectivity index (χ1v) is 5.92. The van der Waals surface area contributed by atoms with E-state index in [2.05, 4.69) is 9.97 Å². The molecule has 100 valence electrons. The van der Waals surface area contributed by atoms with Crippen molar-refractivity contribution in [3.05, 3.63) is 41.4 Å². The van der Waals surface area contributed by atoms with Crippen LogP contribution < -0.4 is 9.47 Å². The second kappa shape index (κ2) is 6.36. The van der Waals surface area contributed by atoms with Gasteiger partial charge in [0.1, 0.15) is 18.1 Å². The molecule has 0 aliphatic rings. The topological polar surface area (TPSA) is 53.5 Å². The summed E-state index contributed by atoms with van der Waals surface area (Å²) in [6.07, 6.45) is 3.13. The van der Waals surface area contributed by atoms with Crippen molar-refractivity contribution in [3.8, 4) is 17.2 Å². The lowest BCUT2D eigenvalue weighted by atomic mass is 10.3. The van der Waals surface area contributed by atoms with E-state index in [1.165, 1.54) is 0 Å². The third kappa shape index (κ3) is 3.56. The molecule has 2 rings (SSSR count). The molecule has 1 aromatic carbocycles. The fourth-order valence-corrected chi connectivity index (χ4v) is 1.57. The molecule has 0 unspecified atom stereocenters. The molecule has 5 nitrogen and oxygen atoms in total. The smallest absolute Gasteiger partial charge is 0.164 e. The predicted molar refractivity (Wildman–Crippen MR) is 70.8 cm³/mol. The number of benzene rings is 1. The Morgan fingerprint density at radius 3 is 2.47 bits per heavy atom. The molecule has 0 saturated heterocycles. The van der Waals surface area contributed by atoms with Crippen LogP contribution in [0.3, 0.4) is 0 Å². The lowest BCUT2D eigenvalue weighted by Crippen LogP contribution is -1.97. The second-order valence-corrected chi connectivity index (χ2v) is 4.07. The standard InChI is InChI=1S/C13H13ClN2O3/c1-17-8-13-15-6-10(7-16-13)19-12-5-9(18-2)3-4-11(12)14/h3-7H,8H2,1-2H3. The molecule has 1 heterocycles. The van der Waals surface area contributed by atoms with Gasteiger partial charge in [-0.25, -0.2) is 9.97 Å². The quantitative estimate of drug-likeness (QED) is 0.842. The largest absolute Gasteiger partial charge is 0.497 e. The average molecular weight is 281 g/mol. The maximum absolute atomic E-state index is 6.04. The van der Waals surface area contributed by atoms with Gasteiger partial charge >= 0.3 is 0 Å². The zero-order valence-corrected chi connectivity index (χ0v) is 11.3. The summed E-state index contributed by atoms with van der Waals surface area (Å²) < 4.78 is 15.7. The van der Waals surface area contributed by atoms with Gasteiger partial charge in [-0.3, -0.25) is 0 Å². The molecule has 0 spiro atoms. The zero-order valence-electron chi connectivity index (χ0n) is 10.6. The number of rotatable bonds is 5. The van der Waals surface area contributed by atoms with E-state index in [9.17, 15) is 0 Å². The SMILES string of the molecule is COCc1ncc(Oc2cc(OC)ccc2Cl)cn1. The highest BCUT2D eigenvalue weighted by Crippen LogP contribution is 2.32. The summed E-state index contributed by atoms with van der Waals surface area (Å²) in [7, 11) is 3.17. The minimum atomic E-state index is 0.361. The van der Waals surface area contributed by atoms with Crippen LogP contribution in [0.15, 0.2) is 30.6 Å². The van der Waals surface area contributed by atoms with Crippen LogP contribution in [0, 0.1) is 0 Å². The first kappa shape index (κ1) is 13.6. The minimum Gasteiger partial charge on any atom is -0.497 e. The van der Waals surface area contributed by atoms with Crippen LogP contribution in [0.4, 0.5) is 0 Å². The van der Waals surface area contributed by atoms with E-state index < -0.39 is 0 Å². The van der Waals surface area contributed by atoms with Crippen molar-refractivity contribution in [2.75, 3.05) is 14.2 Å². The van der Waals surface area contributed by atoms with Gasteiger partial charge in [-0.2, -0.15) is 0 Å². The number of nitrogens with zero attached hydrogens (tertiary/aromatic N) is 2. The molecule has 2 aromatic rings. The second-order valence-electron chi connectivity index (χ2n) is 3.67. The summed E-state index contributed by atoms with van der Waals surface area (Å²) in [5.74, 6) is 2.24. The zero-order chi connectivity index (χ0) is 13.7.